The molecule has 1 N–H and O–H groups in total. The van der Waals surface area contributed by atoms with Gasteiger partial charge >= 0.3 is 0 Å². The Morgan fingerprint density at radius 3 is 2.15 bits per heavy atom. The zero-order chi connectivity index (χ0) is 14.9. The summed E-state index contributed by atoms with van der Waals surface area (Å²) in [5.74, 6) is 0. The Morgan fingerprint density at radius 2 is 1.55 bits per heavy atom. The molecule has 20 heavy (non-hydrogen) atoms. The minimum absolute atomic E-state index is 0.275. The van der Waals surface area contributed by atoms with Crippen LogP contribution in [0.4, 0.5) is 5.69 Å². The van der Waals surface area contributed by atoms with E-state index in [2.05, 4.69) is 20.7 Å². The second-order valence-corrected chi connectivity index (χ2v) is 7.35. The average molecular weight is 354 g/mol. The first-order valence-corrected chi connectivity index (χ1v) is 8.43. The molecule has 0 aliphatic carbocycles. The normalized spacial score (nSPS) is 11.4. The van der Waals surface area contributed by atoms with Crippen LogP contribution in [-0.4, -0.2) is 8.42 Å². The third-order valence-electron chi connectivity index (χ3n) is 3.21. The summed E-state index contributed by atoms with van der Waals surface area (Å²) in [6, 6.07) is 10.5. The molecule has 0 spiro atoms. The Labute approximate surface area is 128 Å². The molecule has 2 aromatic carbocycles. The number of sulfonamides is 1. The van der Waals surface area contributed by atoms with Gasteiger partial charge in [-0.1, -0.05) is 28.1 Å². The second-order valence-electron chi connectivity index (χ2n) is 4.82. The van der Waals surface area contributed by atoms with Crippen LogP contribution in [0.15, 0.2) is 45.8 Å². The van der Waals surface area contributed by atoms with Crippen LogP contribution in [0.25, 0.3) is 0 Å². The van der Waals surface area contributed by atoms with E-state index in [1.54, 1.807) is 24.3 Å². The Kier molecular flexibility index (Phi) is 4.20. The molecule has 0 aliphatic heterocycles. The number of hydrogen-bond acceptors (Lipinski definition) is 2. The highest BCUT2D eigenvalue weighted by molar-refractivity contribution is 9.10. The van der Waals surface area contributed by atoms with E-state index in [1.165, 1.54) is 0 Å². The highest BCUT2D eigenvalue weighted by Crippen LogP contribution is 2.23. The van der Waals surface area contributed by atoms with Gasteiger partial charge in [0.15, 0.2) is 0 Å². The lowest BCUT2D eigenvalue weighted by Crippen LogP contribution is -2.13. The summed E-state index contributed by atoms with van der Waals surface area (Å²) >= 11 is 3.40. The van der Waals surface area contributed by atoms with E-state index in [4.69, 9.17) is 0 Å². The van der Waals surface area contributed by atoms with Crippen LogP contribution >= 0.6 is 15.9 Å². The number of benzene rings is 2. The number of aryl methyl sites for hydroxylation is 3. The molecule has 0 saturated heterocycles. The third-order valence-corrected chi connectivity index (χ3v) is 5.45. The highest BCUT2D eigenvalue weighted by Gasteiger charge is 2.15. The van der Waals surface area contributed by atoms with E-state index in [0.717, 1.165) is 21.2 Å². The molecule has 0 fully saturated rings. The molecule has 0 atom stereocenters. The van der Waals surface area contributed by atoms with Gasteiger partial charge < -0.3 is 0 Å². The lowest BCUT2D eigenvalue weighted by Gasteiger charge is -2.10. The molecule has 0 heterocycles. The lowest BCUT2D eigenvalue weighted by molar-refractivity contribution is 0.601. The van der Waals surface area contributed by atoms with Gasteiger partial charge in [0.2, 0.25) is 0 Å². The molecule has 0 bridgehead atoms. The van der Waals surface area contributed by atoms with Gasteiger partial charge in [0.1, 0.15) is 0 Å². The molecule has 106 valence electrons. The van der Waals surface area contributed by atoms with Gasteiger partial charge in [-0.05, 0) is 61.7 Å². The van der Waals surface area contributed by atoms with Crippen LogP contribution in [-0.2, 0) is 10.0 Å². The van der Waals surface area contributed by atoms with Crippen molar-refractivity contribution < 1.29 is 8.42 Å². The minimum atomic E-state index is -3.55. The number of hydrogen-bond donors (Lipinski definition) is 1. The molecule has 0 radical (unpaired) electrons. The number of halogens is 1. The molecule has 0 unspecified atom stereocenters. The van der Waals surface area contributed by atoms with E-state index in [1.807, 2.05) is 32.9 Å². The molecule has 0 saturated carbocycles. The number of anilines is 1. The molecule has 3 nitrogen and oxygen atoms in total. The molecule has 2 aromatic rings. The quantitative estimate of drug-likeness (QED) is 0.899. The first-order valence-electron chi connectivity index (χ1n) is 6.16. The van der Waals surface area contributed by atoms with Crippen molar-refractivity contribution in [3.05, 3.63) is 57.6 Å². The summed E-state index contributed by atoms with van der Waals surface area (Å²) in [6.45, 7) is 5.80. The number of rotatable bonds is 3. The summed E-state index contributed by atoms with van der Waals surface area (Å²) in [4.78, 5) is 0.275. The first kappa shape index (κ1) is 15.1. The third kappa shape index (κ3) is 3.22. The van der Waals surface area contributed by atoms with Gasteiger partial charge in [-0.3, -0.25) is 4.72 Å². The highest BCUT2D eigenvalue weighted by atomic mass is 79.9. The predicted molar refractivity (Wildman–Crippen MR) is 85.6 cm³/mol. The summed E-state index contributed by atoms with van der Waals surface area (Å²) in [6.07, 6.45) is 0. The van der Waals surface area contributed by atoms with Crippen molar-refractivity contribution in [2.45, 2.75) is 25.7 Å². The van der Waals surface area contributed by atoms with Gasteiger partial charge in [-0.15, -0.1) is 0 Å². The fourth-order valence-electron chi connectivity index (χ4n) is 1.75. The van der Waals surface area contributed by atoms with Crippen LogP contribution in [0.3, 0.4) is 0 Å². The largest absolute Gasteiger partial charge is 0.280 e. The van der Waals surface area contributed by atoms with E-state index < -0.39 is 10.0 Å². The van der Waals surface area contributed by atoms with Crippen LogP contribution in [0, 0.1) is 20.8 Å². The second kappa shape index (κ2) is 5.58. The summed E-state index contributed by atoms with van der Waals surface area (Å²) in [7, 11) is -3.55. The Balaban J connectivity index is 2.35. The smallest absolute Gasteiger partial charge is 0.261 e. The SMILES string of the molecule is Cc1ccc(S(=O)(=O)Nc2ccc(C)c(Br)c2)cc1C. The van der Waals surface area contributed by atoms with Crippen molar-refractivity contribution in [1.29, 1.82) is 0 Å². The van der Waals surface area contributed by atoms with Crippen molar-refractivity contribution in [3.8, 4) is 0 Å². The van der Waals surface area contributed by atoms with Crippen molar-refractivity contribution in [3.63, 3.8) is 0 Å². The van der Waals surface area contributed by atoms with Crippen LogP contribution in [0.5, 0.6) is 0 Å². The molecular formula is C15H16BrNO2S. The molecule has 0 aromatic heterocycles. The van der Waals surface area contributed by atoms with Gasteiger partial charge in [0.25, 0.3) is 10.0 Å². The van der Waals surface area contributed by atoms with E-state index in [0.29, 0.717) is 5.69 Å². The monoisotopic (exact) mass is 353 g/mol. The number of nitrogens with one attached hydrogen (secondary N) is 1. The van der Waals surface area contributed by atoms with E-state index in [9.17, 15) is 8.42 Å². The molecule has 0 aliphatic rings. The molecular weight excluding hydrogens is 338 g/mol. The van der Waals surface area contributed by atoms with Gasteiger partial charge in [-0.2, -0.15) is 0 Å². The van der Waals surface area contributed by atoms with Gasteiger partial charge in [-0.25, -0.2) is 8.42 Å². The van der Waals surface area contributed by atoms with E-state index >= 15 is 0 Å². The van der Waals surface area contributed by atoms with Crippen molar-refractivity contribution in [1.82, 2.24) is 0 Å². The fourth-order valence-corrected chi connectivity index (χ4v) is 3.26. The minimum Gasteiger partial charge on any atom is -0.280 e. The van der Waals surface area contributed by atoms with Crippen molar-refractivity contribution >= 4 is 31.6 Å². The fraction of sp³-hybridized carbons (Fsp3) is 0.200. The zero-order valence-corrected chi connectivity index (χ0v) is 14.0. The Bertz CT molecular complexity index is 754. The van der Waals surface area contributed by atoms with E-state index in [-0.39, 0.29) is 4.90 Å². The van der Waals surface area contributed by atoms with Crippen LogP contribution in [0.1, 0.15) is 16.7 Å². The first-order chi connectivity index (χ1) is 9.29. The summed E-state index contributed by atoms with van der Waals surface area (Å²) in [5, 5.41) is 0. The maximum atomic E-state index is 12.3. The summed E-state index contributed by atoms with van der Waals surface area (Å²) < 4.78 is 28.1. The van der Waals surface area contributed by atoms with Crippen molar-refractivity contribution in [2.75, 3.05) is 4.72 Å². The Hall–Kier alpha value is -1.33. The topological polar surface area (TPSA) is 46.2 Å². The average Bonchev–Trinajstić information content (AvgIpc) is 2.37. The van der Waals surface area contributed by atoms with Crippen molar-refractivity contribution in [2.24, 2.45) is 0 Å². The summed E-state index contributed by atoms with van der Waals surface area (Å²) in [5.41, 5.74) is 3.62. The predicted octanol–water partition coefficient (Wildman–Crippen LogP) is 4.18. The maximum absolute atomic E-state index is 12.3. The van der Waals surface area contributed by atoms with Gasteiger partial charge in [0, 0.05) is 10.2 Å². The molecule has 2 rings (SSSR count). The van der Waals surface area contributed by atoms with Gasteiger partial charge in [0.05, 0.1) is 4.90 Å². The van der Waals surface area contributed by atoms with Crippen LogP contribution in [0.2, 0.25) is 0 Å². The Morgan fingerprint density at radius 1 is 0.900 bits per heavy atom. The molecule has 5 heteroatoms. The van der Waals surface area contributed by atoms with Crippen LogP contribution < -0.4 is 4.72 Å². The lowest BCUT2D eigenvalue weighted by atomic mass is 10.1. The maximum Gasteiger partial charge on any atom is 0.261 e. The zero-order valence-electron chi connectivity index (χ0n) is 11.6. The standard InChI is InChI=1S/C15H16BrNO2S/c1-10-5-7-14(8-12(10)3)20(18,19)17-13-6-4-11(2)15(16)9-13/h4-9,17H,1-3H3. The molecule has 0 amide bonds.